The van der Waals surface area contributed by atoms with E-state index in [0.29, 0.717) is 11.9 Å². The lowest BCUT2D eigenvalue weighted by Crippen LogP contribution is -2.42. The highest BCUT2D eigenvalue weighted by Gasteiger charge is 2.32. The van der Waals surface area contributed by atoms with Crippen molar-refractivity contribution < 1.29 is 4.79 Å². The van der Waals surface area contributed by atoms with Crippen molar-refractivity contribution in [3.63, 3.8) is 0 Å². The van der Waals surface area contributed by atoms with E-state index in [4.69, 9.17) is 0 Å². The maximum absolute atomic E-state index is 12.7. The van der Waals surface area contributed by atoms with Crippen LogP contribution in [-0.2, 0) is 11.3 Å². The highest BCUT2D eigenvalue weighted by atomic mass is 16.2. The van der Waals surface area contributed by atoms with Gasteiger partial charge in [0, 0.05) is 26.2 Å². The molecule has 3 nitrogen and oxygen atoms in total. The number of carbonyl (C=O) groups excluding carboxylic acids is 1. The molecular formula is C19H28N2O. The van der Waals surface area contributed by atoms with Crippen LogP contribution in [0.3, 0.4) is 0 Å². The Hall–Kier alpha value is -1.35. The summed E-state index contributed by atoms with van der Waals surface area (Å²) in [6, 6.07) is 11.1. The van der Waals surface area contributed by atoms with Gasteiger partial charge in [-0.25, -0.2) is 0 Å². The van der Waals surface area contributed by atoms with E-state index in [1.165, 1.54) is 37.7 Å². The topological polar surface area (TPSA) is 23.6 Å². The van der Waals surface area contributed by atoms with Crippen molar-refractivity contribution in [1.82, 2.24) is 9.80 Å². The second-order valence-electron chi connectivity index (χ2n) is 6.95. The molecule has 2 fully saturated rings. The van der Waals surface area contributed by atoms with Gasteiger partial charge in [-0.2, -0.15) is 0 Å². The Kier molecular flexibility index (Phi) is 5.14. The quantitative estimate of drug-likeness (QED) is 0.852. The van der Waals surface area contributed by atoms with Crippen LogP contribution in [0, 0.1) is 5.92 Å². The molecule has 0 radical (unpaired) electrons. The third kappa shape index (κ3) is 3.70. The van der Waals surface area contributed by atoms with Crippen LogP contribution in [0.1, 0.15) is 44.1 Å². The predicted molar refractivity (Wildman–Crippen MR) is 89.5 cm³/mol. The zero-order valence-electron chi connectivity index (χ0n) is 13.7. The van der Waals surface area contributed by atoms with Crippen LogP contribution in [0.5, 0.6) is 0 Å². The summed E-state index contributed by atoms with van der Waals surface area (Å²) in [6.45, 7) is 2.94. The molecular weight excluding hydrogens is 272 g/mol. The zero-order chi connectivity index (χ0) is 15.4. The van der Waals surface area contributed by atoms with Gasteiger partial charge >= 0.3 is 0 Å². The van der Waals surface area contributed by atoms with Gasteiger partial charge in [0.1, 0.15) is 0 Å². The van der Waals surface area contributed by atoms with Gasteiger partial charge in [-0.15, -0.1) is 0 Å². The second-order valence-corrected chi connectivity index (χ2v) is 6.95. The number of nitrogens with zero attached hydrogens (tertiary/aromatic N) is 2. The molecule has 3 heteroatoms. The lowest BCUT2D eigenvalue weighted by molar-refractivity contribution is -0.136. The van der Waals surface area contributed by atoms with Crippen molar-refractivity contribution in [1.29, 1.82) is 0 Å². The minimum absolute atomic E-state index is 0.204. The van der Waals surface area contributed by atoms with E-state index in [9.17, 15) is 4.79 Å². The predicted octanol–water partition coefficient (Wildman–Crippen LogP) is 3.30. The minimum Gasteiger partial charge on any atom is -0.342 e. The second kappa shape index (κ2) is 7.28. The monoisotopic (exact) mass is 300 g/mol. The van der Waals surface area contributed by atoms with E-state index in [0.717, 1.165) is 26.1 Å². The third-order valence-electron chi connectivity index (χ3n) is 5.34. The molecule has 1 amide bonds. The first-order valence-electron chi connectivity index (χ1n) is 8.77. The Morgan fingerprint density at radius 1 is 1.14 bits per heavy atom. The summed E-state index contributed by atoms with van der Waals surface area (Å²) in [5.41, 5.74) is 1.34. The van der Waals surface area contributed by atoms with Crippen molar-refractivity contribution in [2.45, 2.75) is 51.1 Å². The number of hydrogen-bond acceptors (Lipinski definition) is 2. The molecule has 0 bridgehead atoms. The summed E-state index contributed by atoms with van der Waals surface area (Å²) < 4.78 is 0. The number of rotatable bonds is 4. The number of benzene rings is 1. The standard InChI is InChI=1S/C19H28N2O/c1-20(18-10-6-3-7-11-18)19(22)17-12-13-21(15-17)14-16-8-4-2-5-9-16/h2,4-5,8-9,17-18H,3,6-7,10-15H2,1H3. The van der Waals surface area contributed by atoms with Crippen LogP contribution in [0.25, 0.3) is 0 Å². The summed E-state index contributed by atoms with van der Waals surface area (Å²) >= 11 is 0. The average Bonchev–Trinajstić information content (AvgIpc) is 3.04. The maximum Gasteiger partial charge on any atom is 0.227 e. The summed E-state index contributed by atoms with van der Waals surface area (Å²) in [5.74, 6) is 0.582. The molecule has 1 saturated heterocycles. The summed E-state index contributed by atoms with van der Waals surface area (Å²) in [5, 5.41) is 0. The SMILES string of the molecule is CN(C(=O)C1CCN(Cc2ccccc2)C1)C1CCCCC1. The van der Waals surface area contributed by atoms with Gasteiger partial charge in [-0.3, -0.25) is 9.69 Å². The minimum atomic E-state index is 0.204. The Morgan fingerprint density at radius 2 is 1.86 bits per heavy atom. The fourth-order valence-corrected chi connectivity index (χ4v) is 3.96. The van der Waals surface area contributed by atoms with Crippen LogP contribution in [0.4, 0.5) is 0 Å². The summed E-state index contributed by atoms with van der Waals surface area (Å²) in [6.07, 6.45) is 7.32. The van der Waals surface area contributed by atoms with E-state index in [2.05, 4.69) is 40.1 Å². The average molecular weight is 300 g/mol. The van der Waals surface area contributed by atoms with Gasteiger partial charge in [0.25, 0.3) is 0 Å². The molecule has 1 atom stereocenters. The third-order valence-corrected chi connectivity index (χ3v) is 5.34. The van der Waals surface area contributed by atoms with E-state index in [1.54, 1.807) is 0 Å². The number of hydrogen-bond donors (Lipinski definition) is 0. The Balaban J connectivity index is 1.52. The van der Waals surface area contributed by atoms with Gasteiger partial charge in [-0.1, -0.05) is 49.6 Å². The molecule has 1 aromatic rings. The van der Waals surface area contributed by atoms with Crippen molar-refractivity contribution in [2.24, 2.45) is 5.92 Å². The molecule has 1 aromatic carbocycles. The molecule has 2 aliphatic rings. The molecule has 120 valence electrons. The number of likely N-dealkylation sites (tertiary alicyclic amines) is 1. The van der Waals surface area contributed by atoms with E-state index in [-0.39, 0.29) is 5.92 Å². The largest absolute Gasteiger partial charge is 0.342 e. The first kappa shape index (κ1) is 15.5. The molecule has 1 aliphatic carbocycles. The molecule has 3 rings (SSSR count). The van der Waals surface area contributed by atoms with Gasteiger partial charge in [0.05, 0.1) is 5.92 Å². The molecule has 1 unspecified atom stereocenters. The summed E-state index contributed by atoms with van der Waals surface area (Å²) in [4.78, 5) is 17.2. The molecule has 0 spiro atoms. The summed E-state index contributed by atoms with van der Waals surface area (Å²) in [7, 11) is 2.03. The Labute approximate surface area is 134 Å². The van der Waals surface area contributed by atoms with Crippen LogP contribution in [-0.4, -0.2) is 41.9 Å². The van der Waals surface area contributed by atoms with Crippen LogP contribution < -0.4 is 0 Å². The van der Waals surface area contributed by atoms with Crippen molar-refractivity contribution in [3.8, 4) is 0 Å². The first-order chi connectivity index (χ1) is 10.7. The fourth-order valence-electron chi connectivity index (χ4n) is 3.96. The lowest BCUT2D eigenvalue weighted by atomic mass is 9.93. The molecule has 1 aliphatic heterocycles. The molecule has 0 aromatic heterocycles. The van der Waals surface area contributed by atoms with Gasteiger partial charge in [0.2, 0.25) is 5.91 Å². The van der Waals surface area contributed by atoms with Crippen LogP contribution in [0.2, 0.25) is 0 Å². The van der Waals surface area contributed by atoms with E-state index in [1.807, 2.05) is 7.05 Å². The molecule has 1 heterocycles. The smallest absolute Gasteiger partial charge is 0.227 e. The van der Waals surface area contributed by atoms with E-state index < -0.39 is 0 Å². The van der Waals surface area contributed by atoms with Crippen LogP contribution >= 0.6 is 0 Å². The molecule has 0 N–H and O–H groups in total. The van der Waals surface area contributed by atoms with Gasteiger partial charge in [0.15, 0.2) is 0 Å². The molecule has 1 saturated carbocycles. The Morgan fingerprint density at radius 3 is 2.59 bits per heavy atom. The molecule has 22 heavy (non-hydrogen) atoms. The lowest BCUT2D eigenvalue weighted by Gasteiger charge is -2.33. The first-order valence-corrected chi connectivity index (χ1v) is 8.77. The number of carbonyl (C=O) groups is 1. The Bertz CT molecular complexity index is 481. The zero-order valence-corrected chi connectivity index (χ0v) is 13.7. The van der Waals surface area contributed by atoms with Crippen LogP contribution in [0.15, 0.2) is 30.3 Å². The highest BCUT2D eigenvalue weighted by molar-refractivity contribution is 5.79. The van der Waals surface area contributed by atoms with Crippen molar-refractivity contribution in [3.05, 3.63) is 35.9 Å². The van der Waals surface area contributed by atoms with Gasteiger partial charge in [-0.05, 0) is 31.4 Å². The maximum atomic E-state index is 12.7. The van der Waals surface area contributed by atoms with Crippen molar-refractivity contribution >= 4 is 5.91 Å². The normalized spacial score (nSPS) is 23.6. The van der Waals surface area contributed by atoms with Crippen molar-refractivity contribution in [2.75, 3.05) is 20.1 Å². The van der Waals surface area contributed by atoms with E-state index >= 15 is 0 Å². The van der Waals surface area contributed by atoms with Gasteiger partial charge < -0.3 is 4.90 Å². The number of amides is 1. The fraction of sp³-hybridized carbons (Fsp3) is 0.632. The highest BCUT2D eigenvalue weighted by Crippen LogP contribution is 2.26.